The minimum absolute atomic E-state index is 0. The molecule has 1 saturated heterocycles. The molecular weight excluding hydrogens is 392 g/mol. The second-order valence-electron chi connectivity index (χ2n) is 7.13. The molecule has 4 nitrogen and oxygen atoms in total. The van der Waals surface area contributed by atoms with Crippen molar-refractivity contribution in [2.75, 3.05) is 19.7 Å². The summed E-state index contributed by atoms with van der Waals surface area (Å²) < 4.78 is 6.95. The van der Waals surface area contributed by atoms with Crippen molar-refractivity contribution < 1.29 is 9.53 Å². The molecule has 0 spiro atoms. The van der Waals surface area contributed by atoms with Crippen LogP contribution in [-0.4, -0.2) is 36.5 Å². The van der Waals surface area contributed by atoms with Crippen LogP contribution in [0.3, 0.4) is 0 Å². The molecule has 5 unspecified atom stereocenters. The van der Waals surface area contributed by atoms with Gasteiger partial charge in [-0.2, -0.15) is 0 Å². The van der Waals surface area contributed by atoms with Gasteiger partial charge in [-0.25, -0.2) is 0 Å². The zero-order valence-electron chi connectivity index (χ0n) is 13.6. The standard InChI is InChI=1S/C18H23BrN2O2.ClH/c19-14-5-3-11(4-6-14)15-10-21(7-8-23-15)18(22)16-12-1-2-13(9-12)17(16)20;/h3-6,12-13,15-17H,1-2,7-10,20H2;1H. The second-order valence-corrected chi connectivity index (χ2v) is 8.05. The first-order valence-corrected chi connectivity index (χ1v) is 9.34. The predicted octanol–water partition coefficient (Wildman–Crippen LogP) is 3.14. The number of halogens is 2. The van der Waals surface area contributed by atoms with Crippen molar-refractivity contribution in [1.82, 2.24) is 4.90 Å². The van der Waals surface area contributed by atoms with Crippen molar-refractivity contribution in [2.45, 2.75) is 31.4 Å². The number of nitrogens with zero attached hydrogens (tertiary/aromatic N) is 1. The van der Waals surface area contributed by atoms with Gasteiger partial charge in [-0.05, 0) is 48.8 Å². The number of amides is 1. The highest BCUT2D eigenvalue weighted by Crippen LogP contribution is 2.48. The van der Waals surface area contributed by atoms with E-state index in [0.29, 0.717) is 31.5 Å². The first-order chi connectivity index (χ1) is 11.1. The maximum atomic E-state index is 13.0. The summed E-state index contributed by atoms with van der Waals surface area (Å²) in [4.78, 5) is 15.0. The van der Waals surface area contributed by atoms with Gasteiger partial charge in [0.15, 0.2) is 0 Å². The summed E-state index contributed by atoms with van der Waals surface area (Å²) in [6.45, 7) is 1.93. The second kappa shape index (κ2) is 7.32. The van der Waals surface area contributed by atoms with E-state index in [2.05, 4.69) is 28.1 Å². The fourth-order valence-corrected chi connectivity index (χ4v) is 4.91. The van der Waals surface area contributed by atoms with Gasteiger partial charge in [-0.15, -0.1) is 12.4 Å². The van der Waals surface area contributed by atoms with Crippen molar-refractivity contribution in [3.8, 4) is 0 Å². The van der Waals surface area contributed by atoms with Gasteiger partial charge >= 0.3 is 0 Å². The topological polar surface area (TPSA) is 55.6 Å². The Kier molecular flexibility index (Phi) is 5.55. The van der Waals surface area contributed by atoms with Gasteiger partial charge in [0.25, 0.3) is 0 Å². The monoisotopic (exact) mass is 414 g/mol. The van der Waals surface area contributed by atoms with Crippen LogP contribution in [0, 0.1) is 17.8 Å². The van der Waals surface area contributed by atoms with Crippen LogP contribution in [0.25, 0.3) is 0 Å². The van der Waals surface area contributed by atoms with Crippen LogP contribution >= 0.6 is 28.3 Å². The Labute approximate surface area is 157 Å². The Balaban J connectivity index is 0.00000169. The molecule has 1 amide bonds. The number of nitrogens with two attached hydrogens (primary N) is 1. The highest BCUT2D eigenvalue weighted by atomic mass is 79.9. The molecule has 2 N–H and O–H groups in total. The van der Waals surface area contributed by atoms with E-state index in [-0.39, 0.29) is 36.4 Å². The highest BCUT2D eigenvalue weighted by molar-refractivity contribution is 9.10. The fourth-order valence-electron chi connectivity index (χ4n) is 4.64. The van der Waals surface area contributed by atoms with Gasteiger partial charge in [0.05, 0.1) is 19.1 Å². The van der Waals surface area contributed by atoms with Gasteiger partial charge < -0.3 is 15.4 Å². The van der Waals surface area contributed by atoms with E-state index in [1.807, 2.05) is 17.0 Å². The molecule has 1 heterocycles. The smallest absolute Gasteiger partial charge is 0.227 e. The molecule has 2 aliphatic carbocycles. The fraction of sp³-hybridized carbons (Fsp3) is 0.611. The van der Waals surface area contributed by atoms with Crippen LogP contribution in [0.4, 0.5) is 0 Å². The molecule has 2 saturated carbocycles. The molecule has 1 aromatic carbocycles. The first kappa shape index (κ1) is 18.2. The van der Waals surface area contributed by atoms with Crippen LogP contribution in [0.1, 0.15) is 30.9 Å². The largest absolute Gasteiger partial charge is 0.370 e. The van der Waals surface area contributed by atoms with E-state index in [1.54, 1.807) is 0 Å². The van der Waals surface area contributed by atoms with Crippen molar-refractivity contribution in [3.05, 3.63) is 34.3 Å². The molecule has 4 rings (SSSR count). The van der Waals surface area contributed by atoms with Crippen LogP contribution < -0.4 is 5.73 Å². The lowest BCUT2D eigenvalue weighted by atomic mass is 9.84. The summed E-state index contributed by atoms with van der Waals surface area (Å²) in [7, 11) is 0. The summed E-state index contributed by atoms with van der Waals surface area (Å²) in [5.74, 6) is 1.38. The van der Waals surface area contributed by atoms with Gasteiger partial charge in [0.1, 0.15) is 6.10 Å². The van der Waals surface area contributed by atoms with E-state index in [9.17, 15) is 4.79 Å². The van der Waals surface area contributed by atoms with Crippen LogP contribution in [0.2, 0.25) is 0 Å². The Bertz CT molecular complexity index is 595. The quantitative estimate of drug-likeness (QED) is 0.807. The molecule has 6 heteroatoms. The summed E-state index contributed by atoms with van der Waals surface area (Å²) in [5, 5.41) is 0. The molecule has 24 heavy (non-hydrogen) atoms. The molecule has 3 fully saturated rings. The normalized spacial score (nSPS) is 34.9. The van der Waals surface area contributed by atoms with Gasteiger partial charge in [0.2, 0.25) is 5.91 Å². The molecule has 3 aliphatic rings. The van der Waals surface area contributed by atoms with Crippen LogP contribution in [0.15, 0.2) is 28.7 Å². The lowest BCUT2D eigenvalue weighted by Gasteiger charge is -2.37. The summed E-state index contributed by atoms with van der Waals surface area (Å²) in [5.41, 5.74) is 7.48. The molecule has 0 aromatic heterocycles. The molecule has 5 atom stereocenters. The highest BCUT2D eigenvalue weighted by Gasteiger charge is 2.50. The molecule has 1 aromatic rings. The van der Waals surface area contributed by atoms with Crippen molar-refractivity contribution in [1.29, 1.82) is 0 Å². The molecule has 132 valence electrons. The maximum Gasteiger partial charge on any atom is 0.227 e. The number of morpholine rings is 1. The lowest BCUT2D eigenvalue weighted by Crippen LogP contribution is -2.50. The van der Waals surface area contributed by atoms with Gasteiger partial charge in [-0.1, -0.05) is 28.1 Å². The van der Waals surface area contributed by atoms with E-state index in [0.717, 1.165) is 16.5 Å². The number of rotatable bonds is 2. The van der Waals surface area contributed by atoms with E-state index < -0.39 is 0 Å². The van der Waals surface area contributed by atoms with E-state index in [1.165, 1.54) is 12.8 Å². The number of carbonyl (C=O) groups excluding carboxylic acids is 1. The summed E-state index contributed by atoms with van der Waals surface area (Å²) >= 11 is 3.46. The average molecular weight is 416 g/mol. The molecule has 2 bridgehead atoms. The van der Waals surface area contributed by atoms with Gasteiger partial charge in [-0.3, -0.25) is 4.79 Å². The number of ether oxygens (including phenoxy) is 1. The van der Waals surface area contributed by atoms with Crippen LogP contribution in [0.5, 0.6) is 0 Å². The predicted molar refractivity (Wildman–Crippen MR) is 99.0 cm³/mol. The Morgan fingerprint density at radius 2 is 1.92 bits per heavy atom. The zero-order chi connectivity index (χ0) is 16.0. The van der Waals surface area contributed by atoms with Crippen molar-refractivity contribution in [2.24, 2.45) is 23.5 Å². The number of fused-ring (bicyclic) bond motifs is 2. The summed E-state index contributed by atoms with van der Waals surface area (Å²) in [6, 6.07) is 8.23. The van der Waals surface area contributed by atoms with Crippen molar-refractivity contribution >= 4 is 34.2 Å². The Morgan fingerprint density at radius 1 is 1.21 bits per heavy atom. The Morgan fingerprint density at radius 3 is 2.58 bits per heavy atom. The van der Waals surface area contributed by atoms with Crippen molar-refractivity contribution in [3.63, 3.8) is 0 Å². The number of hydrogen-bond acceptors (Lipinski definition) is 3. The number of carbonyl (C=O) groups is 1. The maximum absolute atomic E-state index is 13.0. The minimum atomic E-state index is -0.0318. The third-order valence-corrected chi connectivity index (χ3v) is 6.41. The third kappa shape index (κ3) is 3.24. The van der Waals surface area contributed by atoms with Crippen LogP contribution in [-0.2, 0) is 9.53 Å². The SMILES string of the molecule is Cl.NC1C2CCC(C2)C1C(=O)N1CCOC(c2ccc(Br)cc2)C1. The first-order valence-electron chi connectivity index (χ1n) is 8.55. The molecule has 0 radical (unpaired) electrons. The van der Waals surface area contributed by atoms with E-state index in [4.69, 9.17) is 10.5 Å². The molecular formula is C18H24BrClN2O2. The Hall–Kier alpha value is -0.620. The minimum Gasteiger partial charge on any atom is -0.370 e. The third-order valence-electron chi connectivity index (χ3n) is 5.89. The summed E-state index contributed by atoms with van der Waals surface area (Å²) in [6.07, 6.45) is 3.50. The van der Waals surface area contributed by atoms with Gasteiger partial charge in [0, 0.05) is 17.1 Å². The number of hydrogen-bond donors (Lipinski definition) is 1. The lowest BCUT2D eigenvalue weighted by molar-refractivity contribution is -0.145. The zero-order valence-corrected chi connectivity index (χ0v) is 16.0. The molecule has 1 aliphatic heterocycles. The average Bonchev–Trinajstić information content (AvgIpc) is 3.16. The number of benzene rings is 1. The van der Waals surface area contributed by atoms with E-state index >= 15 is 0 Å².